The second-order valence-electron chi connectivity index (χ2n) is 4.04. The largest absolute Gasteiger partial charge is 0.507 e. The lowest BCUT2D eigenvalue weighted by atomic mass is 10.1. The molecular formula is C13H12ClNO3S. The first-order valence-corrected chi connectivity index (χ1v) is 6.69. The summed E-state index contributed by atoms with van der Waals surface area (Å²) < 4.78 is 0.654. The molecule has 1 amide bonds. The van der Waals surface area contributed by atoms with Gasteiger partial charge in [-0.25, -0.2) is 0 Å². The highest BCUT2D eigenvalue weighted by Crippen LogP contribution is 2.28. The van der Waals surface area contributed by atoms with E-state index < -0.39 is 5.91 Å². The maximum absolute atomic E-state index is 12.2. The number of benzene rings is 1. The van der Waals surface area contributed by atoms with Gasteiger partial charge in [-0.05, 0) is 24.3 Å². The van der Waals surface area contributed by atoms with Gasteiger partial charge in [-0.15, -0.1) is 11.3 Å². The second kappa shape index (κ2) is 5.50. The van der Waals surface area contributed by atoms with Crippen LogP contribution in [0.2, 0.25) is 4.34 Å². The maximum atomic E-state index is 12.2. The molecule has 0 atom stereocenters. The van der Waals surface area contributed by atoms with Crippen LogP contribution in [0.4, 0.5) is 0 Å². The molecule has 1 aromatic heterocycles. The van der Waals surface area contributed by atoms with Crippen molar-refractivity contribution < 1.29 is 15.0 Å². The first kappa shape index (κ1) is 13.7. The number of carbonyl (C=O) groups is 1. The molecule has 4 nitrogen and oxygen atoms in total. The van der Waals surface area contributed by atoms with Crippen molar-refractivity contribution in [1.29, 1.82) is 0 Å². The highest BCUT2D eigenvalue weighted by atomic mass is 35.5. The Balaban J connectivity index is 2.19. The molecular weight excluding hydrogens is 286 g/mol. The average Bonchev–Trinajstić information content (AvgIpc) is 2.74. The van der Waals surface area contributed by atoms with Crippen molar-refractivity contribution >= 4 is 28.8 Å². The van der Waals surface area contributed by atoms with E-state index in [4.69, 9.17) is 11.6 Å². The summed E-state index contributed by atoms with van der Waals surface area (Å²) in [7, 11) is 1.60. The van der Waals surface area contributed by atoms with E-state index in [0.717, 1.165) is 4.88 Å². The minimum atomic E-state index is -0.444. The van der Waals surface area contributed by atoms with Crippen LogP contribution in [0.25, 0.3) is 0 Å². The normalized spacial score (nSPS) is 10.4. The molecule has 0 aliphatic carbocycles. The van der Waals surface area contributed by atoms with E-state index in [9.17, 15) is 15.0 Å². The first-order chi connectivity index (χ1) is 8.99. The zero-order chi connectivity index (χ0) is 14.0. The van der Waals surface area contributed by atoms with E-state index in [1.807, 2.05) is 6.07 Å². The Labute approximate surface area is 119 Å². The molecule has 2 N–H and O–H groups in total. The maximum Gasteiger partial charge on any atom is 0.261 e. The van der Waals surface area contributed by atoms with Gasteiger partial charge < -0.3 is 15.1 Å². The van der Waals surface area contributed by atoms with Crippen LogP contribution < -0.4 is 0 Å². The number of phenolic OH excluding ortho intramolecular Hbond substituents is 2. The van der Waals surface area contributed by atoms with Gasteiger partial charge in [0.2, 0.25) is 0 Å². The predicted octanol–water partition coefficient (Wildman–Crippen LogP) is 3.08. The molecule has 100 valence electrons. The van der Waals surface area contributed by atoms with E-state index in [0.29, 0.717) is 10.9 Å². The van der Waals surface area contributed by atoms with Gasteiger partial charge in [-0.1, -0.05) is 17.7 Å². The van der Waals surface area contributed by atoms with Crippen molar-refractivity contribution in [1.82, 2.24) is 4.90 Å². The molecule has 0 radical (unpaired) electrons. The fourth-order valence-electron chi connectivity index (χ4n) is 1.68. The van der Waals surface area contributed by atoms with E-state index in [1.165, 1.54) is 34.4 Å². The van der Waals surface area contributed by atoms with Crippen molar-refractivity contribution in [2.45, 2.75) is 6.54 Å². The van der Waals surface area contributed by atoms with Gasteiger partial charge in [0.1, 0.15) is 17.1 Å². The predicted molar refractivity (Wildman–Crippen MR) is 74.9 cm³/mol. The highest BCUT2D eigenvalue weighted by molar-refractivity contribution is 7.16. The summed E-state index contributed by atoms with van der Waals surface area (Å²) >= 11 is 7.21. The van der Waals surface area contributed by atoms with Crippen LogP contribution in [-0.4, -0.2) is 28.1 Å². The summed E-state index contributed by atoms with van der Waals surface area (Å²) in [5, 5.41) is 19.3. The Hall–Kier alpha value is -1.72. The quantitative estimate of drug-likeness (QED) is 0.915. The van der Waals surface area contributed by atoms with Crippen molar-refractivity contribution in [2.75, 3.05) is 7.05 Å². The van der Waals surface area contributed by atoms with Crippen molar-refractivity contribution in [3.05, 3.63) is 45.1 Å². The van der Waals surface area contributed by atoms with E-state index in [1.54, 1.807) is 13.1 Å². The molecule has 0 fully saturated rings. The SMILES string of the molecule is CN(Cc1ccc(Cl)s1)C(=O)c1c(O)cccc1O. The second-order valence-corrected chi connectivity index (χ2v) is 5.84. The van der Waals surface area contributed by atoms with Crippen LogP contribution >= 0.6 is 22.9 Å². The summed E-state index contributed by atoms with van der Waals surface area (Å²) in [6, 6.07) is 7.80. The van der Waals surface area contributed by atoms with Gasteiger partial charge in [0.15, 0.2) is 0 Å². The Morgan fingerprint density at radius 2 is 1.89 bits per heavy atom. The molecule has 0 spiro atoms. The average molecular weight is 298 g/mol. The number of hydrogen-bond donors (Lipinski definition) is 2. The van der Waals surface area contributed by atoms with Gasteiger partial charge in [0.05, 0.1) is 10.9 Å². The number of hydrogen-bond acceptors (Lipinski definition) is 4. The smallest absolute Gasteiger partial charge is 0.261 e. The lowest BCUT2D eigenvalue weighted by Crippen LogP contribution is -2.25. The van der Waals surface area contributed by atoms with Gasteiger partial charge >= 0.3 is 0 Å². The Kier molecular flexibility index (Phi) is 3.97. The van der Waals surface area contributed by atoms with Gasteiger partial charge in [-0.2, -0.15) is 0 Å². The fraction of sp³-hybridized carbons (Fsp3) is 0.154. The molecule has 19 heavy (non-hydrogen) atoms. The number of rotatable bonds is 3. The number of aromatic hydroxyl groups is 2. The van der Waals surface area contributed by atoms with Gasteiger partial charge in [0, 0.05) is 11.9 Å². The summed E-state index contributed by atoms with van der Waals surface area (Å²) in [6.45, 7) is 0.365. The fourth-order valence-corrected chi connectivity index (χ4v) is 2.82. The molecule has 0 saturated heterocycles. The van der Waals surface area contributed by atoms with E-state index >= 15 is 0 Å². The van der Waals surface area contributed by atoms with Crippen LogP contribution in [-0.2, 0) is 6.54 Å². The molecule has 2 aromatic rings. The monoisotopic (exact) mass is 297 g/mol. The minimum absolute atomic E-state index is 0.0901. The number of thiophene rings is 1. The highest BCUT2D eigenvalue weighted by Gasteiger charge is 2.20. The number of halogens is 1. The lowest BCUT2D eigenvalue weighted by molar-refractivity contribution is 0.0780. The standard InChI is InChI=1S/C13H12ClNO3S/c1-15(7-8-5-6-11(14)19-8)13(18)12-9(16)3-2-4-10(12)17/h2-6,16-17H,7H2,1H3. The Bertz CT molecular complexity index is 591. The van der Waals surface area contributed by atoms with Crippen molar-refractivity contribution in [3.63, 3.8) is 0 Å². The number of nitrogens with zero attached hydrogens (tertiary/aromatic N) is 1. The van der Waals surface area contributed by atoms with Gasteiger partial charge in [0.25, 0.3) is 5.91 Å². The summed E-state index contributed by atoms with van der Waals surface area (Å²) in [5.41, 5.74) is -0.0901. The molecule has 2 rings (SSSR count). The van der Waals surface area contributed by atoms with E-state index in [-0.39, 0.29) is 17.1 Å². The van der Waals surface area contributed by atoms with Crippen LogP contribution in [0.5, 0.6) is 11.5 Å². The number of carbonyl (C=O) groups excluding carboxylic acids is 1. The molecule has 0 aliphatic rings. The van der Waals surface area contributed by atoms with Crippen LogP contribution in [0.15, 0.2) is 30.3 Å². The molecule has 6 heteroatoms. The first-order valence-electron chi connectivity index (χ1n) is 5.49. The molecule has 0 unspecified atom stereocenters. The molecule has 1 aromatic carbocycles. The zero-order valence-electron chi connectivity index (χ0n) is 10.1. The van der Waals surface area contributed by atoms with Crippen LogP contribution in [0, 0.1) is 0 Å². The van der Waals surface area contributed by atoms with Crippen molar-refractivity contribution in [3.8, 4) is 11.5 Å². The molecule has 0 bridgehead atoms. The third kappa shape index (κ3) is 3.00. The summed E-state index contributed by atoms with van der Waals surface area (Å²) in [6.07, 6.45) is 0. The Morgan fingerprint density at radius 1 is 1.26 bits per heavy atom. The topological polar surface area (TPSA) is 60.8 Å². The zero-order valence-corrected chi connectivity index (χ0v) is 11.7. The van der Waals surface area contributed by atoms with Crippen molar-refractivity contribution in [2.24, 2.45) is 0 Å². The lowest BCUT2D eigenvalue weighted by Gasteiger charge is -2.17. The summed E-state index contributed by atoms with van der Waals surface area (Å²) in [4.78, 5) is 14.5. The molecule has 1 heterocycles. The minimum Gasteiger partial charge on any atom is -0.507 e. The third-order valence-corrected chi connectivity index (χ3v) is 3.82. The number of phenols is 2. The van der Waals surface area contributed by atoms with Crippen LogP contribution in [0.3, 0.4) is 0 Å². The molecule has 0 saturated carbocycles. The van der Waals surface area contributed by atoms with Gasteiger partial charge in [-0.3, -0.25) is 4.79 Å². The Morgan fingerprint density at radius 3 is 2.42 bits per heavy atom. The van der Waals surface area contributed by atoms with E-state index in [2.05, 4.69) is 0 Å². The third-order valence-electron chi connectivity index (χ3n) is 2.60. The number of amides is 1. The molecule has 0 aliphatic heterocycles. The van der Waals surface area contributed by atoms with Crippen LogP contribution in [0.1, 0.15) is 15.2 Å². The summed E-state index contributed by atoms with van der Waals surface area (Å²) in [5.74, 6) is -0.915.